The highest BCUT2D eigenvalue weighted by atomic mass is 15.1. The predicted molar refractivity (Wildman–Crippen MR) is 70.4 cm³/mol. The molecule has 0 bridgehead atoms. The molecule has 3 nitrogen and oxygen atoms in total. The number of nitrogens with two attached hydrogens (primary N) is 1. The molecule has 1 aliphatic heterocycles. The molecule has 1 aliphatic rings. The van der Waals surface area contributed by atoms with Crippen LogP contribution in [0.4, 0.5) is 0 Å². The number of pyridine rings is 1. The minimum atomic E-state index is 0.539. The number of hydrogen-bond donors (Lipinski definition) is 1. The molecule has 1 atom stereocenters. The quantitative estimate of drug-likeness (QED) is 0.865. The smallest absolute Gasteiger partial charge is 0.0584 e. The number of likely N-dealkylation sites (tertiary alicyclic amines) is 1. The first kappa shape index (κ1) is 12.5. The summed E-state index contributed by atoms with van der Waals surface area (Å²) in [6.45, 7) is 8.62. The Morgan fingerprint density at radius 1 is 1.53 bits per heavy atom. The van der Waals surface area contributed by atoms with Crippen LogP contribution in [0.5, 0.6) is 0 Å². The van der Waals surface area contributed by atoms with Gasteiger partial charge in [-0.1, -0.05) is 19.9 Å². The molecule has 0 radical (unpaired) electrons. The van der Waals surface area contributed by atoms with E-state index >= 15 is 0 Å². The number of hydrogen-bond acceptors (Lipinski definition) is 3. The monoisotopic (exact) mass is 233 g/mol. The Morgan fingerprint density at radius 2 is 2.35 bits per heavy atom. The van der Waals surface area contributed by atoms with Gasteiger partial charge in [0, 0.05) is 25.8 Å². The normalized spacial score (nSPS) is 21.3. The lowest BCUT2D eigenvalue weighted by Crippen LogP contribution is -2.22. The SMILES string of the molecule is CC(C)C1CCN(Cc2cccnc2CN)C1. The third-order valence-electron chi connectivity index (χ3n) is 3.82. The van der Waals surface area contributed by atoms with E-state index in [4.69, 9.17) is 5.73 Å². The van der Waals surface area contributed by atoms with Crippen molar-refractivity contribution in [2.75, 3.05) is 13.1 Å². The van der Waals surface area contributed by atoms with Gasteiger partial charge in [0.05, 0.1) is 5.69 Å². The molecular formula is C14H23N3. The van der Waals surface area contributed by atoms with Gasteiger partial charge < -0.3 is 5.73 Å². The Hall–Kier alpha value is -0.930. The van der Waals surface area contributed by atoms with Crippen LogP contribution in [0.25, 0.3) is 0 Å². The summed E-state index contributed by atoms with van der Waals surface area (Å²) in [6, 6.07) is 4.16. The number of nitrogens with zero attached hydrogens (tertiary/aromatic N) is 2. The average molecular weight is 233 g/mol. The van der Waals surface area contributed by atoms with Crippen molar-refractivity contribution in [1.82, 2.24) is 9.88 Å². The van der Waals surface area contributed by atoms with Crippen molar-refractivity contribution in [2.24, 2.45) is 17.6 Å². The summed E-state index contributed by atoms with van der Waals surface area (Å²) < 4.78 is 0. The van der Waals surface area contributed by atoms with Gasteiger partial charge in [-0.2, -0.15) is 0 Å². The van der Waals surface area contributed by atoms with Crippen LogP contribution in [0.3, 0.4) is 0 Å². The number of rotatable bonds is 4. The van der Waals surface area contributed by atoms with Crippen LogP contribution in [-0.2, 0) is 13.1 Å². The molecule has 0 amide bonds. The van der Waals surface area contributed by atoms with E-state index in [1.807, 2.05) is 12.3 Å². The van der Waals surface area contributed by atoms with Crippen LogP contribution >= 0.6 is 0 Å². The van der Waals surface area contributed by atoms with Gasteiger partial charge in [-0.05, 0) is 36.4 Å². The highest BCUT2D eigenvalue weighted by Gasteiger charge is 2.24. The number of aromatic nitrogens is 1. The molecule has 94 valence electrons. The summed E-state index contributed by atoms with van der Waals surface area (Å²) in [7, 11) is 0. The Kier molecular flexibility index (Phi) is 4.13. The van der Waals surface area contributed by atoms with E-state index in [-0.39, 0.29) is 0 Å². The summed E-state index contributed by atoms with van der Waals surface area (Å²) in [5.41, 5.74) is 8.05. The van der Waals surface area contributed by atoms with Crippen molar-refractivity contribution in [3.63, 3.8) is 0 Å². The van der Waals surface area contributed by atoms with Gasteiger partial charge in [0.1, 0.15) is 0 Å². The van der Waals surface area contributed by atoms with Crippen LogP contribution in [0.2, 0.25) is 0 Å². The van der Waals surface area contributed by atoms with Gasteiger partial charge in [-0.25, -0.2) is 0 Å². The molecule has 2 heterocycles. The zero-order valence-corrected chi connectivity index (χ0v) is 10.9. The Labute approximate surface area is 104 Å². The van der Waals surface area contributed by atoms with Crippen molar-refractivity contribution in [3.05, 3.63) is 29.6 Å². The molecule has 0 aromatic carbocycles. The minimum Gasteiger partial charge on any atom is -0.325 e. The van der Waals surface area contributed by atoms with Crippen LogP contribution < -0.4 is 5.73 Å². The molecule has 0 aliphatic carbocycles. The van der Waals surface area contributed by atoms with E-state index in [2.05, 4.69) is 29.8 Å². The fourth-order valence-electron chi connectivity index (χ4n) is 2.59. The van der Waals surface area contributed by atoms with E-state index in [0.29, 0.717) is 6.54 Å². The second-order valence-electron chi connectivity index (χ2n) is 5.34. The molecule has 0 saturated carbocycles. The first-order valence-corrected chi connectivity index (χ1v) is 6.56. The first-order chi connectivity index (χ1) is 8.20. The van der Waals surface area contributed by atoms with Gasteiger partial charge in [0.15, 0.2) is 0 Å². The Balaban J connectivity index is 1.98. The second kappa shape index (κ2) is 5.61. The van der Waals surface area contributed by atoms with Gasteiger partial charge in [0.25, 0.3) is 0 Å². The molecule has 1 unspecified atom stereocenters. The van der Waals surface area contributed by atoms with Crippen molar-refractivity contribution < 1.29 is 0 Å². The molecule has 1 saturated heterocycles. The van der Waals surface area contributed by atoms with Crippen molar-refractivity contribution >= 4 is 0 Å². The third-order valence-corrected chi connectivity index (χ3v) is 3.82. The molecule has 2 rings (SSSR count). The first-order valence-electron chi connectivity index (χ1n) is 6.56. The fraction of sp³-hybridized carbons (Fsp3) is 0.643. The van der Waals surface area contributed by atoms with Crippen molar-refractivity contribution in [3.8, 4) is 0 Å². The van der Waals surface area contributed by atoms with Gasteiger partial charge in [0.2, 0.25) is 0 Å². The van der Waals surface area contributed by atoms with Crippen molar-refractivity contribution in [2.45, 2.75) is 33.4 Å². The molecule has 3 heteroatoms. The zero-order chi connectivity index (χ0) is 12.3. The third kappa shape index (κ3) is 3.05. The standard InChI is InChI=1S/C14H23N3/c1-11(2)12-5-7-17(9-12)10-13-4-3-6-16-14(13)8-15/h3-4,6,11-12H,5,7-10,15H2,1-2H3. The molecular weight excluding hydrogens is 210 g/mol. The highest BCUT2D eigenvalue weighted by molar-refractivity contribution is 5.19. The maximum absolute atomic E-state index is 5.72. The topological polar surface area (TPSA) is 42.2 Å². The summed E-state index contributed by atoms with van der Waals surface area (Å²) in [4.78, 5) is 6.87. The predicted octanol–water partition coefficient (Wildman–Crippen LogP) is 2.02. The zero-order valence-electron chi connectivity index (χ0n) is 10.9. The lowest BCUT2D eigenvalue weighted by molar-refractivity contribution is 0.295. The molecule has 0 spiro atoms. The van der Waals surface area contributed by atoms with E-state index in [1.165, 1.54) is 25.1 Å². The maximum atomic E-state index is 5.72. The van der Waals surface area contributed by atoms with Gasteiger partial charge >= 0.3 is 0 Å². The van der Waals surface area contributed by atoms with Crippen LogP contribution in [0, 0.1) is 11.8 Å². The van der Waals surface area contributed by atoms with E-state index in [1.54, 1.807) is 0 Å². The lowest BCUT2D eigenvalue weighted by atomic mass is 9.95. The molecule has 1 aromatic heterocycles. The van der Waals surface area contributed by atoms with E-state index < -0.39 is 0 Å². The van der Waals surface area contributed by atoms with Gasteiger partial charge in [-0.3, -0.25) is 9.88 Å². The molecule has 2 N–H and O–H groups in total. The molecule has 1 aromatic rings. The Bertz CT molecular complexity index is 362. The summed E-state index contributed by atoms with van der Waals surface area (Å²) >= 11 is 0. The fourth-order valence-corrected chi connectivity index (χ4v) is 2.59. The van der Waals surface area contributed by atoms with E-state index in [0.717, 1.165) is 24.1 Å². The molecule has 1 fully saturated rings. The Morgan fingerprint density at radius 3 is 3.00 bits per heavy atom. The maximum Gasteiger partial charge on any atom is 0.0584 e. The largest absolute Gasteiger partial charge is 0.325 e. The highest BCUT2D eigenvalue weighted by Crippen LogP contribution is 2.25. The van der Waals surface area contributed by atoms with Crippen LogP contribution in [0.15, 0.2) is 18.3 Å². The lowest BCUT2D eigenvalue weighted by Gasteiger charge is -2.18. The summed E-state index contributed by atoms with van der Waals surface area (Å²) in [5.74, 6) is 1.65. The van der Waals surface area contributed by atoms with E-state index in [9.17, 15) is 0 Å². The van der Waals surface area contributed by atoms with Crippen molar-refractivity contribution in [1.29, 1.82) is 0 Å². The van der Waals surface area contributed by atoms with Gasteiger partial charge in [-0.15, -0.1) is 0 Å². The summed E-state index contributed by atoms with van der Waals surface area (Å²) in [5, 5.41) is 0. The molecule has 17 heavy (non-hydrogen) atoms. The summed E-state index contributed by atoms with van der Waals surface area (Å²) in [6.07, 6.45) is 3.16. The van der Waals surface area contributed by atoms with Crippen LogP contribution in [-0.4, -0.2) is 23.0 Å². The average Bonchev–Trinajstić information content (AvgIpc) is 2.78. The second-order valence-corrected chi connectivity index (χ2v) is 5.34. The minimum absolute atomic E-state index is 0.539. The van der Waals surface area contributed by atoms with Crippen LogP contribution in [0.1, 0.15) is 31.5 Å².